The van der Waals surface area contributed by atoms with Crippen molar-refractivity contribution in [1.29, 1.82) is 0 Å². The number of aliphatic hydroxyl groups is 1. The Morgan fingerprint density at radius 2 is 2.23 bits per heavy atom. The first-order chi connectivity index (χ1) is 10.3. The number of methoxy groups -OCH3 is 2. The van der Waals surface area contributed by atoms with Crippen LogP contribution in [0, 0.1) is 0 Å². The lowest BCUT2D eigenvalue weighted by Gasteiger charge is -2.31. The van der Waals surface area contributed by atoms with Crippen molar-refractivity contribution in [3.05, 3.63) is 0 Å². The molecule has 1 N–H and O–H groups in total. The summed E-state index contributed by atoms with van der Waals surface area (Å²) in [6.45, 7) is 1.76. The van der Waals surface area contributed by atoms with Gasteiger partial charge in [0.05, 0.1) is 32.2 Å². The average Bonchev–Trinajstić information content (AvgIpc) is 2.95. The van der Waals surface area contributed by atoms with Crippen LogP contribution in [0.15, 0.2) is 0 Å². The first-order valence-corrected chi connectivity index (χ1v) is 7.12. The SMILES string of the molecule is COC[C@@H](CC(=O)O[C@@]1(C)CO[C@]2(CCC(=O)O2)[C@@H]1O)OC. The highest BCUT2D eigenvalue weighted by Crippen LogP contribution is 2.43. The Bertz CT molecular complexity index is 439. The molecule has 2 saturated heterocycles. The molecule has 8 heteroatoms. The summed E-state index contributed by atoms with van der Waals surface area (Å²) in [6.07, 6.45) is -1.28. The predicted molar refractivity (Wildman–Crippen MR) is 71.8 cm³/mol. The Hall–Kier alpha value is -1.22. The molecule has 8 nitrogen and oxygen atoms in total. The number of rotatable bonds is 6. The van der Waals surface area contributed by atoms with Gasteiger partial charge in [0.2, 0.25) is 5.79 Å². The standard InChI is InChI=1S/C14H22O8/c1-13(21-11(16)6-9(19-3)7-18-2)8-20-14(12(13)17)5-4-10(15)22-14/h9,12,17H,4-8H2,1-3H3/t9-,12-,13+,14+/m1/s1. The molecule has 0 aromatic rings. The van der Waals surface area contributed by atoms with Crippen LogP contribution >= 0.6 is 0 Å². The third-order valence-electron chi connectivity index (χ3n) is 3.99. The van der Waals surface area contributed by atoms with E-state index in [9.17, 15) is 14.7 Å². The highest BCUT2D eigenvalue weighted by Gasteiger charge is 2.62. The molecule has 0 amide bonds. The number of aliphatic hydroxyl groups excluding tert-OH is 1. The first-order valence-electron chi connectivity index (χ1n) is 7.12. The van der Waals surface area contributed by atoms with Crippen LogP contribution in [0.2, 0.25) is 0 Å². The molecule has 0 saturated carbocycles. The normalized spacial score (nSPS) is 35.6. The van der Waals surface area contributed by atoms with Crippen LogP contribution in [0.3, 0.4) is 0 Å². The third kappa shape index (κ3) is 3.24. The van der Waals surface area contributed by atoms with Crippen LogP contribution in [0.5, 0.6) is 0 Å². The Balaban J connectivity index is 1.97. The van der Waals surface area contributed by atoms with Gasteiger partial charge in [0.25, 0.3) is 0 Å². The van der Waals surface area contributed by atoms with Gasteiger partial charge < -0.3 is 28.8 Å². The number of esters is 2. The van der Waals surface area contributed by atoms with Crippen LogP contribution in [-0.2, 0) is 33.3 Å². The zero-order valence-electron chi connectivity index (χ0n) is 13.0. The van der Waals surface area contributed by atoms with E-state index in [1.54, 1.807) is 6.92 Å². The van der Waals surface area contributed by atoms with E-state index in [-0.39, 0.29) is 32.5 Å². The molecule has 2 aliphatic rings. The summed E-state index contributed by atoms with van der Waals surface area (Å²) in [4.78, 5) is 23.3. The summed E-state index contributed by atoms with van der Waals surface area (Å²) in [6, 6.07) is 0. The molecule has 126 valence electrons. The molecule has 0 aromatic heterocycles. The number of hydrogen-bond donors (Lipinski definition) is 1. The zero-order valence-corrected chi connectivity index (χ0v) is 13.0. The minimum Gasteiger partial charge on any atom is -0.454 e. The van der Waals surface area contributed by atoms with E-state index in [0.29, 0.717) is 0 Å². The molecule has 4 atom stereocenters. The summed E-state index contributed by atoms with van der Waals surface area (Å²) in [5, 5.41) is 10.4. The summed E-state index contributed by atoms with van der Waals surface area (Å²) >= 11 is 0. The maximum absolute atomic E-state index is 12.0. The van der Waals surface area contributed by atoms with E-state index in [1.807, 2.05) is 0 Å². The smallest absolute Gasteiger partial charge is 0.309 e. The van der Waals surface area contributed by atoms with Gasteiger partial charge in [0.1, 0.15) is 0 Å². The van der Waals surface area contributed by atoms with E-state index in [1.165, 1.54) is 14.2 Å². The molecular weight excluding hydrogens is 296 g/mol. The third-order valence-corrected chi connectivity index (χ3v) is 3.99. The second-order valence-corrected chi connectivity index (χ2v) is 5.78. The van der Waals surface area contributed by atoms with Crippen LogP contribution in [0.25, 0.3) is 0 Å². The van der Waals surface area contributed by atoms with Crippen LogP contribution in [0.4, 0.5) is 0 Å². The summed E-state index contributed by atoms with van der Waals surface area (Å²) in [5.74, 6) is -2.39. The van der Waals surface area contributed by atoms with Crippen molar-refractivity contribution in [1.82, 2.24) is 0 Å². The highest BCUT2D eigenvalue weighted by molar-refractivity contribution is 5.72. The molecule has 0 radical (unpaired) electrons. The second kappa shape index (κ2) is 6.49. The maximum Gasteiger partial charge on any atom is 0.309 e. The van der Waals surface area contributed by atoms with E-state index in [0.717, 1.165) is 0 Å². The van der Waals surface area contributed by atoms with Crippen LogP contribution < -0.4 is 0 Å². The molecule has 0 aromatic carbocycles. The van der Waals surface area contributed by atoms with Crippen molar-refractivity contribution in [3.8, 4) is 0 Å². The van der Waals surface area contributed by atoms with Crippen LogP contribution in [0.1, 0.15) is 26.2 Å². The summed E-state index contributed by atoms with van der Waals surface area (Å²) < 4.78 is 26.0. The van der Waals surface area contributed by atoms with Crippen molar-refractivity contribution in [2.75, 3.05) is 27.4 Å². The fourth-order valence-electron chi connectivity index (χ4n) is 2.72. The van der Waals surface area contributed by atoms with Crippen LogP contribution in [-0.4, -0.2) is 68.1 Å². The van der Waals surface area contributed by atoms with Gasteiger partial charge in [-0.05, 0) is 6.92 Å². The zero-order chi connectivity index (χ0) is 16.4. The van der Waals surface area contributed by atoms with Gasteiger partial charge in [-0.2, -0.15) is 0 Å². The fraction of sp³-hybridized carbons (Fsp3) is 0.857. The first kappa shape index (κ1) is 17.1. The quantitative estimate of drug-likeness (QED) is 0.670. The van der Waals surface area contributed by atoms with E-state index in [4.69, 9.17) is 23.7 Å². The molecule has 22 heavy (non-hydrogen) atoms. The van der Waals surface area contributed by atoms with Gasteiger partial charge in [0.15, 0.2) is 11.7 Å². The number of carbonyl (C=O) groups excluding carboxylic acids is 2. The highest BCUT2D eigenvalue weighted by atomic mass is 16.8. The van der Waals surface area contributed by atoms with E-state index >= 15 is 0 Å². The molecule has 2 fully saturated rings. The molecule has 1 spiro atoms. The van der Waals surface area contributed by atoms with Crippen molar-refractivity contribution < 1.29 is 38.4 Å². The fourth-order valence-corrected chi connectivity index (χ4v) is 2.72. The second-order valence-electron chi connectivity index (χ2n) is 5.78. The van der Waals surface area contributed by atoms with E-state index < -0.39 is 35.5 Å². The van der Waals surface area contributed by atoms with Gasteiger partial charge in [-0.1, -0.05) is 0 Å². The molecular formula is C14H22O8. The Morgan fingerprint density at radius 1 is 1.50 bits per heavy atom. The van der Waals surface area contributed by atoms with Crippen molar-refractivity contribution in [2.45, 2.75) is 49.8 Å². The van der Waals surface area contributed by atoms with Crippen molar-refractivity contribution >= 4 is 11.9 Å². The van der Waals surface area contributed by atoms with E-state index in [2.05, 4.69) is 0 Å². The van der Waals surface area contributed by atoms with Gasteiger partial charge in [-0.3, -0.25) is 9.59 Å². The van der Waals surface area contributed by atoms with Gasteiger partial charge >= 0.3 is 11.9 Å². The van der Waals surface area contributed by atoms with Gasteiger partial charge in [-0.15, -0.1) is 0 Å². The molecule has 2 aliphatic heterocycles. The lowest BCUT2D eigenvalue weighted by molar-refractivity contribution is -0.224. The topological polar surface area (TPSA) is 101 Å². The number of carbonyl (C=O) groups is 2. The van der Waals surface area contributed by atoms with Gasteiger partial charge in [-0.25, -0.2) is 0 Å². The summed E-state index contributed by atoms with van der Waals surface area (Å²) in [7, 11) is 2.98. The molecule has 0 bridgehead atoms. The monoisotopic (exact) mass is 318 g/mol. The molecule has 0 unspecified atom stereocenters. The largest absolute Gasteiger partial charge is 0.454 e. The lowest BCUT2D eigenvalue weighted by Crippen LogP contribution is -2.51. The van der Waals surface area contributed by atoms with Crippen molar-refractivity contribution in [2.24, 2.45) is 0 Å². The average molecular weight is 318 g/mol. The minimum atomic E-state index is -1.40. The molecule has 0 aliphatic carbocycles. The predicted octanol–water partition coefficient (Wildman–Crippen LogP) is -0.236. The Labute approximate surface area is 128 Å². The van der Waals surface area contributed by atoms with Crippen molar-refractivity contribution in [3.63, 3.8) is 0 Å². The molecule has 2 rings (SSSR count). The minimum absolute atomic E-state index is 0.0144. The number of ether oxygens (including phenoxy) is 5. The Kier molecular flexibility index (Phi) is 5.06. The lowest BCUT2D eigenvalue weighted by atomic mass is 9.94. The maximum atomic E-state index is 12.0. The van der Waals surface area contributed by atoms with Gasteiger partial charge in [0, 0.05) is 20.6 Å². The Morgan fingerprint density at radius 3 is 2.77 bits per heavy atom. The summed E-state index contributed by atoms with van der Waals surface area (Å²) in [5.41, 5.74) is -1.27. The molecule has 2 heterocycles. The number of hydrogen-bond acceptors (Lipinski definition) is 8.